The van der Waals surface area contributed by atoms with Gasteiger partial charge in [0.1, 0.15) is 11.3 Å². The first-order valence-electron chi connectivity index (χ1n) is 7.77. The fourth-order valence-electron chi connectivity index (χ4n) is 2.10. The Hall–Kier alpha value is -2.54. The number of hydrogen-bond acceptors (Lipinski definition) is 5. The van der Waals surface area contributed by atoms with Crippen LogP contribution in [0, 0.1) is 6.92 Å². The third kappa shape index (κ3) is 4.96. The molecule has 7 nitrogen and oxygen atoms in total. The summed E-state index contributed by atoms with van der Waals surface area (Å²) in [4.78, 5) is 34.8. The molecule has 1 atom stereocenters. The molecule has 3 amide bonds. The summed E-state index contributed by atoms with van der Waals surface area (Å²) in [5.74, 6) is -0.442. The predicted octanol–water partition coefficient (Wildman–Crippen LogP) is 2.76. The molecule has 1 aromatic heterocycles. The maximum Gasteiger partial charge on any atom is 0.336 e. The van der Waals surface area contributed by atoms with Crippen molar-refractivity contribution in [2.75, 3.05) is 6.61 Å². The molecule has 2 rings (SSSR count). The van der Waals surface area contributed by atoms with Gasteiger partial charge in [-0.1, -0.05) is 18.5 Å². The highest BCUT2D eigenvalue weighted by Crippen LogP contribution is 2.30. The average molecular weight is 367 g/mol. The number of rotatable bonds is 5. The van der Waals surface area contributed by atoms with Crippen LogP contribution in [0.3, 0.4) is 0 Å². The highest BCUT2D eigenvalue weighted by atomic mass is 35.5. The molecule has 0 aliphatic rings. The van der Waals surface area contributed by atoms with E-state index in [9.17, 15) is 14.4 Å². The van der Waals surface area contributed by atoms with Crippen molar-refractivity contribution in [2.45, 2.75) is 33.2 Å². The number of aryl methyl sites for hydroxylation is 1. The largest absolute Gasteiger partial charge is 0.482 e. The van der Waals surface area contributed by atoms with Crippen molar-refractivity contribution >= 4 is 34.5 Å². The maximum absolute atomic E-state index is 11.8. The highest BCUT2D eigenvalue weighted by Gasteiger charge is 2.13. The van der Waals surface area contributed by atoms with E-state index >= 15 is 0 Å². The van der Waals surface area contributed by atoms with Gasteiger partial charge in [-0.3, -0.25) is 10.1 Å². The lowest BCUT2D eigenvalue weighted by Gasteiger charge is -2.12. The molecule has 2 N–H and O–H groups in total. The summed E-state index contributed by atoms with van der Waals surface area (Å²) < 4.78 is 10.4. The summed E-state index contributed by atoms with van der Waals surface area (Å²) in [6.45, 7) is 5.09. The van der Waals surface area contributed by atoms with Crippen molar-refractivity contribution in [1.82, 2.24) is 10.6 Å². The van der Waals surface area contributed by atoms with Gasteiger partial charge >= 0.3 is 11.7 Å². The number of amides is 3. The average Bonchev–Trinajstić information content (AvgIpc) is 2.53. The number of carbonyl (C=O) groups is 2. The lowest BCUT2D eigenvalue weighted by atomic mass is 10.1. The van der Waals surface area contributed by atoms with Crippen molar-refractivity contribution in [2.24, 2.45) is 0 Å². The minimum atomic E-state index is -0.623. The molecule has 0 aliphatic carbocycles. The third-order valence-electron chi connectivity index (χ3n) is 3.61. The van der Waals surface area contributed by atoms with E-state index in [1.807, 2.05) is 13.8 Å². The van der Waals surface area contributed by atoms with Crippen molar-refractivity contribution in [3.05, 3.63) is 39.2 Å². The van der Waals surface area contributed by atoms with E-state index in [1.165, 1.54) is 12.1 Å². The first kappa shape index (κ1) is 18.8. The predicted molar refractivity (Wildman–Crippen MR) is 94.2 cm³/mol. The summed E-state index contributed by atoms with van der Waals surface area (Å²) in [5.41, 5.74) is 0.538. The molecule has 2 aromatic rings. The van der Waals surface area contributed by atoms with Crippen molar-refractivity contribution in [3.8, 4) is 5.75 Å². The van der Waals surface area contributed by atoms with Crippen LogP contribution in [0.1, 0.15) is 25.8 Å². The number of carbonyl (C=O) groups excluding carboxylic acids is 2. The fraction of sp³-hybridized carbons (Fsp3) is 0.353. The standard InChI is InChI=1S/C17H19ClN2O5/c1-4-10(3)19-17(23)20-15(21)8-24-14-7-13-11(6-12(14)18)9(2)5-16(22)25-13/h5-7,10H,4,8H2,1-3H3,(H2,19,20,21,23)/t10-/m1/s1. The second-order valence-electron chi connectivity index (χ2n) is 5.65. The Labute approximate surface area is 149 Å². The SMILES string of the molecule is CC[C@@H](C)NC(=O)NC(=O)COc1cc2oc(=O)cc(C)c2cc1Cl. The molecule has 0 fully saturated rings. The van der Waals surface area contributed by atoms with Crippen molar-refractivity contribution < 1.29 is 18.7 Å². The monoisotopic (exact) mass is 366 g/mol. The van der Waals surface area contributed by atoms with Gasteiger partial charge in [0.2, 0.25) is 0 Å². The molecule has 0 saturated heterocycles. The van der Waals surface area contributed by atoms with E-state index in [4.69, 9.17) is 20.8 Å². The molecule has 0 radical (unpaired) electrons. The summed E-state index contributed by atoms with van der Waals surface area (Å²) in [7, 11) is 0. The van der Waals surface area contributed by atoms with Crippen molar-refractivity contribution in [3.63, 3.8) is 0 Å². The summed E-state index contributed by atoms with van der Waals surface area (Å²) in [5, 5.41) is 5.70. The van der Waals surface area contributed by atoms with E-state index in [0.717, 1.165) is 12.0 Å². The molecule has 25 heavy (non-hydrogen) atoms. The summed E-state index contributed by atoms with van der Waals surface area (Å²) in [6, 6.07) is 3.77. The van der Waals surface area contributed by atoms with Crippen LogP contribution in [-0.2, 0) is 4.79 Å². The molecule has 0 bridgehead atoms. The van der Waals surface area contributed by atoms with E-state index in [1.54, 1.807) is 13.0 Å². The first-order chi connectivity index (χ1) is 11.8. The normalized spacial score (nSPS) is 11.8. The van der Waals surface area contributed by atoms with Crippen LogP contribution < -0.4 is 21.0 Å². The van der Waals surface area contributed by atoms with Gasteiger partial charge in [0, 0.05) is 23.6 Å². The lowest BCUT2D eigenvalue weighted by molar-refractivity contribution is -0.122. The minimum Gasteiger partial charge on any atom is -0.482 e. The molecular weight excluding hydrogens is 348 g/mol. The molecule has 0 spiro atoms. The molecule has 134 valence electrons. The number of benzene rings is 1. The van der Waals surface area contributed by atoms with Gasteiger partial charge in [0.25, 0.3) is 5.91 Å². The zero-order valence-corrected chi connectivity index (χ0v) is 14.9. The molecule has 0 aliphatic heterocycles. The third-order valence-corrected chi connectivity index (χ3v) is 3.90. The number of nitrogens with one attached hydrogen (secondary N) is 2. The van der Waals surface area contributed by atoms with Crippen LogP contribution in [0.4, 0.5) is 4.79 Å². The van der Waals surface area contributed by atoms with Gasteiger partial charge in [0.05, 0.1) is 5.02 Å². The van der Waals surface area contributed by atoms with E-state index in [0.29, 0.717) is 11.0 Å². The molecule has 0 saturated carbocycles. The smallest absolute Gasteiger partial charge is 0.336 e. The summed E-state index contributed by atoms with van der Waals surface area (Å²) >= 11 is 6.14. The molecule has 1 heterocycles. The van der Waals surface area contributed by atoms with Crippen LogP contribution in [0.15, 0.2) is 27.4 Å². The number of fused-ring (bicyclic) bond motifs is 1. The molecule has 0 unspecified atom stereocenters. The number of hydrogen-bond donors (Lipinski definition) is 2. The van der Waals surface area contributed by atoms with Crippen LogP contribution in [0.5, 0.6) is 5.75 Å². The van der Waals surface area contributed by atoms with Crippen LogP contribution in [0.2, 0.25) is 5.02 Å². The molecular formula is C17H19ClN2O5. The Kier molecular flexibility index (Phi) is 6.03. The second-order valence-corrected chi connectivity index (χ2v) is 6.05. The lowest BCUT2D eigenvalue weighted by Crippen LogP contribution is -2.44. The zero-order chi connectivity index (χ0) is 18.6. The van der Waals surface area contributed by atoms with Gasteiger partial charge < -0.3 is 14.5 Å². The van der Waals surface area contributed by atoms with E-state index < -0.39 is 24.2 Å². The van der Waals surface area contributed by atoms with Gasteiger partial charge in [-0.05, 0) is 31.9 Å². The van der Waals surface area contributed by atoms with E-state index in [-0.39, 0.29) is 16.8 Å². The fourth-order valence-corrected chi connectivity index (χ4v) is 2.32. The van der Waals surface area contributed by atoms with Crippen LogP contribution in [0.25, 0.3) is 11.0 Å². The Morgan fingerprint density at radius 3 is 2.72 bits per heavy atom. The van der Waals surface area contributed by atoms with Crippen LogP contribution in [-0.4, -0.2) is 24.6 Å². The van der Waals surface area contributed by atoms with Crippen LogP contribution >= 0.6 is 11.6 Å². The van der Waals surface area contributed by atoms with Gasteiger partial charge in [0.15, 0.2) is 6.61 Å². The van der Waals surface area contributed by atoms with Gasteiger partial charge in [-0.25, -0.2) is 9.59 Å². The summed E-state index contributed by atoms with van der Waals surface area (Å²) in [6.07, 6.45) is 0.745. The topological polar surface area (TPSA) is 97.6 Å². The number of imide groups is 1. The number of ether oxygens (including phenoxy) is 1. The zero-order valence-electron chi connectivity index (χ0n) is 14.1. The highest BCUT2D eigenvalue weighted by molar-refractivity contribution is 6.32. The maximum atomic E-state index is 11.8. The molecule has 8 heteroatoms. The first-order valence-corrected chi connectivity index (χ1v) is 8.15. The minimum absolute atomic E-state index is 0.0465. The Balaban J connectivity index is 2.05. The Morgan fingerprint density at radius 1 is 1.32 bits per heavy atom. The second kappa shape index (κ2) is 8.02. The van der Waals surface area contributed by atoms with E-state index in [2.05, 4.69) is 10.6 Å². The van der Waals surface area contributed by atoms with Gasteiger partial charge in [-0.2, -0.15) is 0 Å². The van der Waals surface area contributed by atoms with Crippen molar-refractivity contribution in [1.29, 1.82) is 0 Å². The number of halogens is 1. The Bertz CT molecular complexity index is 862. The molecule has 1 aromatic carbocycles. The van der Waals surface area contributed by atoms with Gasteiger partial charge in [-0.15, -0.1) is 0 Å². The Morgan fingerprint density at radius 2 is 2.04 bits per heavy atom. The quantitative estimate of drug-likeness (QED) is 0.793. The number of urea groups is 1.